The number of aromatic nitrogens is 2. The van der Waals surface area contributed by atoms with Gasteiger partial charge >= 0.3 is 0 Å². The van der Waals surface area contributed by atoms with Gasteiger partial charge in [-0.2, -0.15) is 0 Å². The molecule has 0 aliphatic carbocycles. The highest BCUT2D eigenvalue weighted by atomic mass is 16.5. The number of carbonyl (C=O) groups excluding carboxylic acids is 1. The van der Waals surface area contributed by atoms with Crippen molar-refractivity contribution in [1.82, 2.24) is 14.9 Å². The summed E-state index contributed by atoms with van der Waals surface area (Å²) < 4.78 is 5.81. The van der Waals surface area contributed by atoms with Crippen LogP contribution in [0.3, 0.4) is 0 Å². The number of para-hydroxylation sites is 2. The summed E-state index contributed by atoms with van der Waals surface area (Å²) in [6.07, 6.45) is 1.62. The fourth-order valence-electron chi connectivity index (χ4n) is 2.71. The van der Waals surface area contributed by atoms with Crippen molar-refractivity contribution in [2.24, 2.45) is 0 Å². The van der Waals surface area contributed by atoms with E-state index in [4.69, 9.17) is 4.74 Å². The molecule has 0 radical (unpaired) electrons. The Hall–Kier alpha value is -3.41. The molecular formula is C22H24N4O2. The van der Waals surface area contributed by atoms with E-state index in [1.54, 1.807) is 24.2 Å². The van der Waals surface area contributed by atoms with Crippen LogP contribution >= 0.6 is 0 Å². The predicted octanol–water partition coefficient (Wildman–Crippen LogP) is 4.28. The first-order valence-corrected chi connectivity index (χ1v) is 9.18. The fourth-order valence-corrected chi connectivity index (χ4v) is 2.71. The number of nitrogens with one attached hydrogen (secondary N) is 1. The van der Waals surface area contributed by atoms with Gasteiger partial charge in [0.05, 0.1) is 11.8 Å². The van der Waals surface area contributed by atoms with Crippen molar-refractivity contribution < 1.29 is 9.53 Å². The minimum atomic E-state index is -0.166. The molecule has 0 saturated heterocycles. The summed E-state index contributed by atoms with van der Waals surface area (Å²) in [5.74, 6) is 0.888. The van der Waals surface area contributed by atoms with Crippen molar-refractivity contribution in [3.05, 3.63) is 78.1 Å². The first kappa shape index (κ1) is 19.4. The maximum Gasteiger partial charge on any atom is 0.272 e. The zero-order valence-electron chi connectivity index (χ0n) is 16.3. The average Bonchev–Trinajstić information content (AvgIpc) is 2.69. The zero-order valence-corrected chi connectivity index (χ0v) is 16.3. The molecule has 6 nitrogen and oxygen atoms in total. The predicted molar refractivity (Wildman–Crippen MR) is 110 cm³/mol. The average molecular weight is 376 g/mol. The van der Waals surface area contributed by atoms with Crippen molar-refractivity contribution in [3.63, 3.8) is 0 Å². The molecule has 0 atom stereocenters. The Balaban J connectivity index is 1.74. The van der Waals surface area contributed by atoms with Crippen molar-refractivity contribution in [1.29, 1.82) is 0 Å². The SMILES string of the molecule is CC(C)Oc1ccccc1Nc1nccc(C(=O)N(C)Cc2ccccc2)n1. The minimum absolute atomic E-state index is 0.0448. The minimum Gasteiger partial charge on any atom is -0.489 e. The van der Waals surface area contributed by atoms with Crippen molar-refractivity contribution in [3.8, 4) is 5.75 Å². The lowest BCUT2D eigenvalue weighted by atomic mass is 10.2. The number of rotatable bonds is 7. The Labute approximate surface area is 165 Å². The molecule has 3 rings (SSSR count). The Bertz CT molecular complexity index is 929. The molecule has 0 fully saturated rings. The van der Waals surface area contributed by atoms with Gasteiger partial charge in [-0.3, -0.25) is 4.79 Å². The monoisotopic (exact) mass is 376 g/mol. The van der Waals surface area contributed by atoms with Gasteiger partial charge in [0.25, 0.3) is 5.91 Å². The van der Waals surface area contributed by atoms with E-state index in [0.717, 1.165) is 11.3 Å². The zero-order chi connectivity index (χ0) is 19.9. The lowest BCUT2D eigenvalue weighted by Crippen LogP contribution is -2.27. The lowest BCUT2D eigenvalue weighted by molar-refractivity contribution is 0.0779. The van der Waals surface area contributed by atoms with Crippen LogP contribution in [0.5, 0.6) is 5.75 Å². The summed E-state index contributed by atoms with van der Waals surface area (Å²) in [6, 6.07) is 19.0. The number of nitrogens with zero attached hydrogens (tertiary/aromatic N) is 3. The van der Waals surface area contributed by atoms with Crippen LogP contribution in [-0.2, 0) is 6.54 Å². The Morgan fingerprint density at radius 1 is 1.07 bits per heavy atom. The number of anilines is 2. The summed E-state index contributed by atoms with van der Waals surface area (Å²) in [4.78, 5) is 23.0. The number of hydrogen-bond donors (Lipinski definition) is 1. The molecular weight excluding hydrogens is 352 g/mol. The van der Waals surface area contributed by atoms with Gasteiger partial charge in [-0.25, -0.2) is 9.97 Å². The van der Waals surface area contributed by atoms with Crippen LogP contribution in [0.2, 0.25) is 0 Å². The van der Waals surface area contributed by atoms with Crippen molar-refractivity contribution >= 4 is 17.5 Å². The van der Waals surface area contributed by atoms with Crippen LogP contribution < -0.4 is 10.1 Å². The second-order valence-corrected chi connectivity index (χ2v) is 6.70. The number of carbonyl (C=O) groups is 1. The summed E-state index contributed by atoms with van der Waals surface area (Å²) in [6.45, 7) is 4.45. The van der Waals surface area contributed by atoms with Crippen molar-refractivity contribution in [2.75, 3.05) is 12.4 Å². The molecule has 6 heteroatoms. The summed E-state index contributed by atoms with van der Waals surface area (Å²) in [5.41, 5.74) is 2.14. The Kier molecular flexibility index (Phi) is 6.22. The van der Waals surface area contributed by atoms with Crippen LogP contribution in [0.15, 0.2) is 66.9 Å². The third-order valence-electron chi connectivity index (χ3n) is 3.98. The molecule has 1 heterocycles. The van der Waals surface area contributed by atoms with Crippen LogP contribution in [0.4, 0.5) is 11.6 Å². The molecule has 3 aromatic rings. The third kappa shape index (κ3) is 5.07. The number of amides is 1. The van der Waals surface area contributed by atoms with Gasteiger partial charge in [-0.1, -0.05) is 42.5 Å². The molecule has 28 heavy (non-hydrogen) atoms. The van der Waals surface area contributed by atoms with Gasteiger partial charge in [-0.05, 0) is 37.6 Å². The molecule has 0 saturated carbocycles. The van der Waals surface area contributed by atoms with E-state index in [1.807, 2.05) is 68.4 Å². The van der Waals surface area contributed by atoms with Gasteiger partial charge in [0.1, 0.15) is 11.4 Å². The summed E-state index contributed by atoms with van der Waals surface area (Å²) in [5, 5.41) is 3.14. The highest BCUT2D eigenvalue weighted by Crippen LogP contribution is 2.27. The molecule has 1 amide bonds. The van der Waals surface area contributed by atoms with E-state index >= 15 is 0 Å². The molecule has 144 valence electrons. The lowest BCUT2D eigenvalue weighted by Gasteiger charge is -2.17. The number of benzene rings is 2. The van der Waals surface area contributed by atoms with Crippen LogP contribution in [-0.4, -0.2) is 33.9 Å². The largest absolute Gasteiger partial charge is 0.489 e. The first-order valence-electron chi connectivity index (χ1n) is 9.18. The summed E-state index contributed by atoms with van der Waals surface area (Å²) in [7, 11) is 1.76. The highest BCUT2D eigenvalue weighted by Gasteiger charge is 2.15. The maximum atomic E-state index is 12.7. The summed E-state index contributed by atoms with van der Waals surface area (Å²) >= 11 is 0. The molecule has 0 bridgehead atoms. The van der Waals surface area contributed by atoms with E-state index < -0.39 is 0 Å². The van der Waals surface area contributed by atoms with Gasteiger partial charge in [-0.15, -0.1) is 0 Å². The van der Waals surface area contributed by atoms with E-state index in [2.05, 4.69) is 15.3 Å². The van der Waals surface area contributed by atoms with Gasteiger partial charge in [0.15, 0.2) is 0 Å². The standard InChI is InChI=1S/C22H24N4O2/c1-16(2)28-20-12-8-7-11-18(20)24-22-23-14-13-19(25-22)21(27)26(3)15-17-9-5-4-6-10-17/h4-14,16H,15H2,1-3H3,(H,23,24,25). The van der Waals surface area contributed by atoms with Crippen molar-refractivity contribution in [2.45, 2.75) is 26.5 Å². The highest BCUT2D eigenvalue weighted by molar-refractivity contribution is 5.92. The second-order valence-electron chi connectivity index (χ2n) is 6.70. The number of ether oxygens (including phenoxy) is 1. The van der Waals surface area contributed by atoms with E-state index in [0.29, 0.717) is 23.9 Å². The van der Waals surface area contributed by atoms with Crippen LogP contribution in [0.25, 0.3) is 0 Å². The van der Waals surface area contributed by atoms with Gasteiger partial charge < -0.3 is 15.0 Å². The fraction of sp³-hybridized carbons (Fsp3) is 0.227. The van der Waals surface area contributed by atoms with E-state index in [-0.39, 0.29) is 12.0 Å². The van der Waals surface area contributed by atoms with Gasteiger partial charge in [0, 0.05) is 19.8 Å². The molecule has 0 unspecified atom stereocenters. The Morgan fingerprint density at radius 2 is 1.79 bits per heavy atom. The molecule has 1 N–H and O–H groups in total. The smallest absolute Gasteiger partial charge is 0.272 e. The van der Waals surface area contributed by atoms with Crippen LogP contribution in [0, 0.1) is 0 Å². The number of hydrogen-bond acceptors (Lipinski definition) is 5. The molecule has 0 aliphatic rings. The van der Waals surface area contributed by atoms with Gasteiger partial charge in [0.2, 0.25) is 5.95 Å². The third-order valence-corrected chi connectivity index (χ3v) is 3.98. The normalized spacial score (nSPS) is 10.6. The van der Waals surface area contributed by atoms with E-state index in [1.165, 1.54) is 0 Å². The Morgan fingerprint density at radius 3 is 2.54 bits per heavy atom. The molecule has 1 aromatic heterocycles. The second kappa shape index (κ2) is 8.99. The quantitative estimate of drug-likeness (QED) is 0.667. The van der Waals surface area contributed by atoms with E-state index in [9.17, 15) is 4.79 Å². The molecule has 2 aromatic carbocycles. The first-order chi connectivity index (χ1) is 13.5. The topological polar surface area (TPSA) is 67.3 Å². The van der Waals surface area contributed by atoms with Crippen LogP contribution in [0.1, 0.15) is 29.9 Å². The molecule has 0 spiro atoms. The maximum absolute atomic E-state index is 12.7. The molecule has 0 aliphatic heterocycles.